The van der Waals surface area contributed by atoms with Crippen LogP contribution < -0.4 is 5.73 Å². The Morgan fingerprint density at radius 3 is 2.85 bits per heavy atom. The average molecular weight is 357 g/mol. The molecule has 136 valence electrons. The minimum Gasteiger partial charge on any atom is -0.382 e. The molecule has 1 unspecified atom stereocenters. The van der Waals surface area contributed by atoms with Gasteiger partial charge in [0, 0.05) is 13.0 Å². The van der Waals surface area contributed by atoms with Crippen molar-refractivity contribution in [2.45, 2.75) is 52.2 Å². The molecule has 0 saturated heterocycles. The van der Waals surface area contributed by atoms with E-state index in [-0.39, 0.29) is 5.82 Å². The van der Waals surface area contributed by atoms with Crippen molar-refractivity contribution < 1.29 is 8.78 Å². The van der Waals surface area contributed by atoms with E-state index < -0.39 is 12.2 Å². The number of rotatable bonds is 4. The number of halogens is 2. The van der Waals surface area contributed by atoms with Crippen LogP contribution in [0, 0.1) is 13.0 Å². The third kappa shape index (κ3) is 2.71. The largest absolute Gasteiger partial charge is 0.382 e. The maximum absolute atomic E-state index is 14.1. The highest BCUT2D eigenvalue weighted by Gasteiger charge is 2.24. The summed E-state index contributed by atoms with van der Waals surface area (Å²) in [5.41, 5.74) is 10.7. The van der Waals surface area contributed by atoms with Gasteiger partial charge in [-0.2, -0.15) is 14.4 Å². The molecule has 0 bridgehead atoms. The van der Waals surface area contributed by atoms with E-state index in [0.29, 0.717) is 30.6 Å². The number of nitrogens with two attached hydrogens (primary N) is 1. The SMILES string of the molecule is CCCn1c(Cc2cc3c(cc2C)CCC3F)nc2c(N)nc(F)nc21. The Morgan fingerprint density at radius 2 is 2.08 bits per heavy atom. The van der Waals surface area contributed by atoms with Crippen molar-refractivity contribution in [1.29, 1.82) is 0 Å². The molecule has 1 atom stereocenters. The number of aryl methyl sites for hydroxylation is 3. The van der Waals surface area contributed by atoms with Crippen molar-refractivity contribution >= 4 is 17.0 Å². The molecule has 26 heavy (non-hydrogen) atoms. The third-order valence-electron chi connectivity index (χ3n) is 5.07. The van der Waals surface area contributed by atoms with Gasteiger partial charge in [0.25, 0.3) is 0 Å². The molecule has 7 heteroatoms. The minimum absolute atomic E-state index is 0.0399. The summed E-state index contributed by atoms with van der Waals surface area (Å²) >= 11 is 0. The monoisotopic (exact) mass is 357 g/mol. The van der Waals surface area contributed by atoms with E-state index >= 15 is 0 Å². The van der Waals surface area contributed by atoms with Gasteiger partial charge in [-0.15, -0.1) is 0 Å². The molecule has 1 aromatic carbocycles. The number of imidazole rings is 1. The van der Waals surface area contributed by atoms with Crippen LogP contribution in [0.2, 0.25) is 0 Å². The van der Waals surface area contributed by atoms with Crippen LogP contribution >= 0.6 is 0 Å². The lowest BCUT2D eigenvalue weighted by Gasteiger charge is -2.12. The molecule has 1 aliphatic rings. The van der Waals surface area contributed by atoms with Gasteiger partial charge in [0.2, 0.25) is 0 Å². The molecule has 3 aromatic rings. The van der Waals surface area contributed by atoms with Crippen LogP contribution in [0.25, 0.3) is 11.2 Å². The van der Waals surface area contributed by atoms with Gasteiger partial charge < -0.3 is 10.3 Å². The third-order valence-corrected chi connectivity index (χ3v) is 5.07. The van der Waals surface area contributed by atoms with E-state index in [1.807, 2.05) is 24.5 Å². The Bertz CT molecular complexity index is 995. The lowest BCUT2D eigenvalue weighted by Crippen LogP contribution is -2.07. The predicted octanol–water partition coefficient (Wildman–Crippen LogP) is 3.81. The number of hydrogen-bond donors (Lipinski definition) is 1. The first kappa shape index (κ1) is 16.9. The highest BCUT2D eigenvalue weighted by Crippen LogP contribution is 2.36. The molecule has 0 radical (unpaired) electrons. The standard InChI is InChI=1S/C19H21F2N5/c1-3-6-26-15(23-16-17(22)24-19(21)25-18(16)26)9-12-8-13-11(7-10(12)2)4-5-14(13)20/h7-8,14H,3-6,9H2,1-2H3,(H2,22,24,25). The summed E-state index contributed by atoms with van der Waals surface area (Å²) in [6.07, 6.45) is 0.959. The van der Waals surface area contributed by atoms with Crippen LogP contribution in [0.3, 0.4) is 0 Å². The second-order valence-electron chi connectivity index (χ2n) is 6.89. The van der Waals surface area contributed by atoms with Gasteiger partial charge in [0.05, 0.1) is 0 Å². The normalized spacial score (nSPS) is 16.4. The summed E-state index contributed by atoms with van der Waals surface area (Å²) in [6, 6.07) is 4.03. The first-order valence-corrected chi connectivity index (χ1v) is 8.92. The molecule has 2 heterocycles. The van der Waals surface area contributed by atoms with Crippen LogP contribution in [-0.2, 0) is 19.4 Å². The lowest BCUT2D eigenvalue weighted by molar-refractivity contribution is 0.343. The summed E-state index contributed by atoms with van der Waals surface area (Å²) in [6.45, 7) is 4.71. The Hall–Kier alpha value is -2.57. The maximum atomic E-state index is 14.1. The summed E-state index contributed by atoms with van der Waals surface area (Å²) in [5.74, 6) is 0.781. The van der Waals surface area contributed by atoms with Crippen LogP contribution in [0.4, 0.5) is 14.6 Å². The van der Waals surface area contributed by atoms with E-state index in [2.05, 4.69) is 21.0 Å². The molecule has 5 nitrogen and oxygen atoms in total. The quantitative estimate of drug-likeness (QED) is 0.721. The number of aromatic nitrogens is 4. The highest BCUT2D eigenvalue weighted by molar-refractivity contribution is 5.82. The van der Waals surface area contributed by atoms with Gasteiger partial charge in [0.15, 0.2) is 17.0 Å². The first-order chi connectivity index (χ1) is 12.5. The number of nitrogens with zero attached hydrogens (tertiary/aromatic N) is 4. The number of nitrogen functional groups attached to an aromatic ring is 1. The Labute approximate surface area is 150 Å². The molecule has 2 N–H and O–H groups in total. The summed E-state index contributed by atoms with van der Waals surface area (Å²) in [4.78, 5) is 12.0. The molecule has 1 aliphatic carbocycles. The number of fused-ring (bicyclic) bond motifs is 2. The van der Waals surface area contributed by atoms with Gasteiger partial charge in [-0.25, -0.2) is 9.37 Å². The van der Waals surface area contributed by atoms with E-state index in [1.54, 1.807) is 0 Å². The van der Waals surface area contributed by atoms with Crippen molar-refractivity contribution in [1.82, 2.24) is 19.5 Å². The topological polar surface area (TPSA) is 69.6 Å². The fourth-order valence-electron chi connectivity index (χ4n) is 3.77. The molecule has 0 spiro atoms. The number of hydrogen-bond acceptors (Lipinski definition) is 4. The molecule has 4 rings (SSSR count). The molecule has 2 aromatic heterocycles. The maximum Gasteiger partial charge on any atom is 0.312 e. The Balaban J connectivity index is 1.81. The van der Waals surface area contributed by atoms with Gasteiger partial charge >= 0.3 is 6.08 Å². The number of anilines is 1. The molecular weight excluding hydrogens is 336 g/mol. The van der Waals surface area contributed by atoms with Gasteiger partial charge in [-0.05, 0) is 48.4 Å². The van der Waals surface area contributed by atoms with E-state index in [0.717, 1.165) is 40.9 Å². The Morgan fingerprint density at radius 1 is 1.27 bits per heavy atom. The van der Waals surface area contributed by atoms with E-state index in [1.165, 1.54) is 0 Å². The van der Waals surface area contributed by atoms with Crippen LogP contribution in [0.5, 0.6) is 0 Å². The fraction of sp³-hybridized carbons (Fsp3) is 0.421. The zero-order valence-electron chi connectivity index (χ0n) is 14.9. The van der Waals surface area contributed by atoms with Gasteiger partial charge in [0.1, 0.15) is 12.0 Å². The van der Waals surface area contributed by atoms with Crippen molar-refractivity contribution in [2.24, 2.45) is 0 Å². The van der Waals surface area contributed by atoms with Gasteiger partial charge in [-0.3, -0.25) is 0 Å². The first-order valence-electron chi connectivity index (χ1n) is 8.92. The molecular formula is C19H21F2N5. The molecule has 0 fully saturated rings. The second kappa shape index (κ2) is 6.30. The molecule has 0 saturated carbocycles. The van der Waals surface area contributed by atoms with Crippen LogP contribution in [-0.4, -0.2) is 19.5 Å². The van der Waals surface area contributed by atoms with Crippen molar-refractivity contribution in [3.63, 3.8) is 0 Å². The van der Waals surface area contributed by atoms with Crippen LogP contribution in [0.1, 0.15) is 54.0 Å². The van der Waals surface area contributed by atoms with E-state index in [4.69, 9.17) is 5.73 Å². The van der Waals surface area contributed by atoms with Crippen molar-refractivity contribution in [2.75, 3.05) is 5.73 Å². The Kier molecular flexibility index (Phi) is 4.09. The lowest BCUT2D eigenvalue weighted by atomic mass is 9.98. The summed E-state index contributed by atoms with van der Waals surface area (Å²) < 4.78 is 29.6. The molecule has 0 amide bonds. The summed E-state index contributed by atoms with van der Waals surface area (Å²) in [7, 11) is 0. The van der Waals surface area contributed by atoms with Gasteiger partial charge in [-0.1, -0.05) is 19.1 Å². The van der Waals surface area contributed by atoms with Crippen molar-refractivity contribution in [3.05, 3.63) is 46.3 Å². The summed E-state index contributed by atoms with van der Waals surface area (Å²) in [5, 5.41) is 0. The smallest absolute Gasteiger partial charge is 0.312 e. The zero-order valence-corrected chi connectivity index (χ0v) is 14.9. The molecule has 0 aliphatic heterocycles. The fourth-order valence-corrected chi connectivity index (χ4v) is 3.77. The van der Waals surface area contributed by atoms with Crippen molar-refractivity contribution in [3.8, 4) is 0 Å². The second-order valence-corrected chi connectivity index (χ2v) is 6.89. The number of benzene rings is 1. The predicted molar refractivity (Wildman–Crippen MR) is 96.1 cm³/mol. The zero-order chi connectivity index (χ0) is 18.4. The number of alkyl halides is 1. The minimum atomic E-state index is -0.894. The average Bonchev–Trinajstić information content (AvgIpc) is 3.11. The van der Waals surface area contributed by atoms with E-state index in [9.17, 15) is 8.78 Å². The highest BCUT2D eigenvalue weighted by atomic mass is 19.1. The van der Waals surface area contributed by atoms with Crippen LogP contribution in [0.15, 0.2) is 12.1 Å².